The molecule has 0 aliphatic heterocycles. The number of nitrogens with one attached hydrogen (secondary N) is 3. The molecule has 0 aliphatic carbocycles. The smallest absolute Gasteiger partial charge is 0.257 e. The van der Waals surface area contributed by atoms with Gasteiger partial charge >= 0.3 is 0 Å². The van der Waals surface area contributed by atoms with Gasteiger partial charge in [-0.25, -0.2) is 4.39 Å². The summed E-state index contributed by atoms with van der Waals surface area (Å²) in [7, 11) is 0. The van der Waals surface area contributed by atoms with Crippen molar-refractivity contribution in [2.24, 2.45) is 5.92 Å². The third-order valence-corrected chi connectivity index (χ3v) is 4.60. The summed E-state index contributed by atoms with van der Waals surface area (Å²) in [4.78, 5) is 25.0. The minimum atomic E-state index is -0.385. The van der Waals surface area contributed by atoms with E-state index in [1.54, 1.807) is 48.5 Å². The van der Waals surface area contributed by atoms with Crippen LogP contribution in [0.5, 0.6) is 5.75 Å². The fourth-order valence-electron chi connectivity index (χ4n) is 2.80. The first-order chi connectivity index (χ1) is 15.8. The molecule has 170 valence electrons. The summed E-state index contributed by atoms with van der Waals surface area (Å²) in [5, 5.41) is 8.30. The van der Waals surface area contributed by atoms with Crippen molar-refractivity contribution in [3.63, 3.8) is 0 Å². The Morgan fingerprint density at radius 1 is 0.879 bits per heavy atom. The molecule has 0 atom stereocenters. The summed E-state index contributed by atoms with van der Waals surface area (Å²) in [5.41, 5.74) is 1.78. The molecular formula is C25H24FN3O3S. The third kappa shape index (κ3) is 7.40. The molecular weight excluding hydrogens is 441 g/mol. The van der Waals surface area contributed by atoms with Crippen LogP contribution in [0.2, 0.25) is 0 Å². The van der Waals surface area contributed by atoms with E-state index in [0.29, 0.717) is 40.8 Å². The van der Waals surface area contributed by atoms with Gasteiger partial charge in [0.2, 0.25) is 0 Å². The molecule has 0 radical (unpaired) electrons. The SMILES string of the molecule is CC(C)COc1cccc(C(=O)NC(=S)Nc2cccc(C(=O)Nc3ccc(F)cc3)c2)c1. The highest BCUT2D eigenvalue weighted by Gasteiger charge is 2.11. The number of rotatable bonds is 7. The number of carbonyl (C=O) groups excluding carboxylic acids is 2. The molecule has 3 rings (SSSR count). The number of hydrogen-bond donors (Lipinski definition) is 3. The zero-order chi connectivity index (χ0) is 23.8. The Hall–Kier alpha value is -3.78. The van der Waals surface area contributed by atoms with Crippen LogP contribution < -0.4 is 20.7 Å². The van der Waals surface area contributed by atoms with Crippen LogP contribution in [0, 0.1) is 11.7 Å². The zero-order valence-electron chi connectivity index (χ0n) is 18.2. The maximum atomic E-state index is 13.0. The van der Waals surface area contributed by atoms with E-state index in [1.165, 1.54) is 24.3 Å². The fraction of sp³-hybridized carbons (Fsp3) is 0.160. The van der Waals surface area contributed by atoms with Gasteiger partial charge in [-0.1, -0.05) is 26.0 Å². The Labute approximate surface area is 197 Å². The quantitative estimate of drug-likeness (QED) is 0.416. The second-order valence-corrected chi connectivity index (χ2v) is 8.09. The van der Waals surface area contributed by atoms with Gasteiger partial charge in [0.05, 0.1) is 6.61 Å². The summed E-state index contributed by atoms with van der Waals surface area (Å²) in [5.74, 6) is -0.154. The molecule has 33 heavy (non-hydrogen) atoms. The molecule has 0 saturated heterocycles. The van der Waals surface area contributed by atoms with E-state index in [0.717, 1.165) is 0 Å². The van der Waals surface area contributed by atoms with Gasteiger partial charge in [0, 0.05) is 22.5 Å². The largest absolute Gasteiger partial charge is 0.493 e. The van der Waals surface area contributed by atoms with Gasteiger partial charge in [0.25, 0.3) is 11.8 Å². The average molecular weight is 466 g/mol. The van der Waals surface area contributed by atoms with Gasteiger partial charge in [-0.3, -0.25) is 14.9 Å². The van der Waals surface area contributed by atoms with E-state index < -0.39 is 0 Å². The monoisotopic (exact) mass is 465 g/mol. The Morgan fingerprint density at radius 2 is 1.55 bits per heavy atom. The fourth-order valence-corrected chi connectivity index (χ4v) is 3.01. The highest BCUT2D eigenvalue weighted by molar-refractivity contribution is 7.80. The summed E-state index contributed by atoms with van der Waals surface area (Å²) < 4.78 is 18.7. The number of thiocarbonyl (C=S) groups is 1. The average Bonchev–Trinajstić information content (AvgIpc) is 2.79. The van der Waals surface area contributed by atoms with Crippen LogP contribution in [0.15, 0.2) is 72.8 Å². The van der Waals surface area contributed by atoms with Gasteiger partial charge in [0.15, 0.2) is 5.11 Å². The molecule has 0 saturated carbocycles. The maximum Gasteiger partial charge on any atom is 0.257 e. The van der Waals surface area contributed by atoms with Gasteiger partial charge in [-0.05, 0) is 78.8 Å². The number of carbonyl (C=O) groups is 2. The van der Waals surface area contributed by atoms with Gasteiger partial charge in [-0.2, -0.15) is 0 Å². The molecule has 2 amide bonds. The second kappa shape index (κ2) is 11.2. The van der Waals surface area contributed by atoms with E-state index in [4.69, 9.17) is 17.0 Å². The Morgan fingerprint density at radius 3 is 2.24 bits per heavy atom. The normalized spacial score (nSPS) is 10.4. The molecule has 3 aromatic carbocycles. The van der Waals surface area contributed by atoms with E-state index in [1.807, 2.05) is 13.8 Å². The van der Waals surface area contributed by atoms with Gasteiger partial charge in [-0.15, -0.1) is 0 Å². The van der Waals surface area contributed by atoms with Crippen LogP contribution in [0.1, 0.15) is 34.6 Å². The number of ether oxygens (including phenoxy) is 1. The van der Waals surface area contributed by atoms with Crippen LogP contribution in [0.3, 0.4) is 0 Å². The molecule has 3 N–H and O–H groups in total. The molecule has 6 nitrogen and oxygen atoms in total. The van der Waals surface area contributed by atoms with Gasteiger partial charge in [0.1, 0.15) is 11.6 Å². The lowest BCUT2D eigenvalue weighted by molar-refractivity contribution is 0.0975. The van der Waals surface area contributed by atoms with Crippen LogP contribution in [0.25, 0.3) is 0 Å². The number of halogens is 1. The van der Waals surface area contributed by atoms with Gasteiger partial charge < -0.3 is 15.4 Å². The summed E-state index contributed by atoms with van der Waals surface area (Å²) >= 11 is 5.25. The van der Waals surface area contributed by atoms with Crippen molar-refractivity contribution < 1.29 is 18.7 Å². The minimum absolute atomic E-state index is 0.0876. The van der Waals surface area contributed by atoms with Crippen molar-refractivity contribution in [1.29, 1.82) is 0 Å². The molecule has 0 heterocycles. The summed E-state index contributed by atoms with van der Waals surface area (Å²) in [6.07, 6.45) is 0. The molecule has 0 spiro atoms. The Balaban J connectivity index is 1.59. The predicted octanol–water partition coefficient (Wildman–Crippen LogP) is 5.24. The molecule has 0 fully saturated rings. The lowest BCUT2D eigenvalue weighted by Gasteiger charge is -2.12. The molecule has 0 unspecified atom stereocenters. The molecule has 0 bridgehead atoms. The van der Waals surface area contributed by atoms with Crippen molar-refractivity contribution in [3.8, 4) is 5.75 Å². The molecule has 8 heteroatoms. The first-order valence-electron chi connectivity index (χ1n) is 10.3. The topological polar surface area (TPSA) is 79.5 Å². The van der Waals surface area contributed by atoms with Crippen molar-refractivity contribution >= 4 is 40.5 Å². The predicted molar refractivity (Wildman–Crippen MR) is 131 cm³/mol. The van der Waals surface area contributed by atoms with Crippen molar-refractivity contribution in [2.75, 3.05) is 17.2 Å². The first kappa shape index (κ1) is 23.9. The number of hydrogen-bond acceptors (Lipinski definition) is 4. The van der Waals surface area contributed by atoms with Crippen LogP contribution >= 0.6 is 12.2 Å². The number of benzene rings is 3. The van der Waals surface area contributed by atoms with E-state index >= 15 is 0 Å². The Bertz CT molecular complexity index is 1150. The summed E-state index contributed by atoms with van der Waals surface area (Å²) in [6, 6.07) is 19.0. The Kier molecular flexibility index (Phi) is 8.10. The van der Waals surface area contributed by atoms with E-state index in [9.17, 15) is 14.0 Å². The van der Waals surface area contributed by atoms with Crippen LogP contribution in [0.4, 0.5) is 15.8 Å². The van der Waals surface area contributed by atoms with Crippen LogP contribution in [-0.2, 0) is 0 Å². The maximum absolute atomic E-state index is 13.0. The minimum Gasteiger partial charge on any atom is -0.493 e. The lowest BCUT2D eigenvalue weighted by atomic mass is 10.2. The van der Waals surface area contributed by atoms with Crippen molar-refractivity contribution in [1.82, 2.24) is 5.32 Å². The standard InChI is InChI=1S/C25H24FN3O3S/c1-16(2)15-32-22-8-4-6-18(14-22)24(31)29-25(33)28-21-7-3-5-17(13-21)23(30)27-20-11-9-19(26)10-12-20/h3-14,16H,15H2,1-2H3,(H,27,30)(H2,28,29,31,33). The lowest BCUT2D eigenvalue weighted by Crippen LogP contribution is -2.34. The summed E-state index contributed by atoms with van der Waals surface area (Å²) in [6.45, 7) is 4.64. The zero-order valence-corrected chi connectivity index (χ0v) is 19.0. The highest BCUT2D eigenvalue weighted by Crippen LogP contribution is 2.16. The molecule has 0 aromatic heterocycles. The molecule has 0 aliphatic rings. The number of anilines is 2. The second-order valence-electron chi connectivity index (χ2n) is 7.68. The highest BCUT2D eigenvalue weighted by atomic mass is 32.1. The molecule has 3 aromatic rings. The van der Waals surface area contributed by atoms with Crippen LogP contribution in [-0.4, -0.2) is 23.5 Å². The van der Waals surface area contributed by atoms with E-state index in [-0.39, 0.29) is 22.7 Å². The number of amides is 2. The van der Waals surface area contributed by atoms with Crippen molar-refractivity contribution in [2.45, 2.75) is 13.8 Å². The third-order valence-electron chi connectivity index (χ3n) is 4.39. The van der Waals surface area contributed by atoms with E-state index in [2.05, 4.69) is 16.0 Å². The first-order valence-corrected chi connectivity index (χ1v) is 10.7. The van der Waals surface area contributed by atoms with Crippen molar-refractivity contribution in [3.05, 3.63) is 89.7 Å².